The number of nitrogens with two attached hydrogens (primary N) is 1. The standard InChI is InChI=1S/C11H13N5O/c1-8-3-2-4-16(11(8)17)7-9-5-14-10(15-12)6-13-9/h2-6H,7,12H2,1H3,(H,14,15). The van der Waals surface area contributed by atoms with Crippen LogP contribution in [0, 0.1) is 6.92 Å². The second kappa shape index (κ2) is 4.75. The van der Waals surface area contributed by atoms with Crippen molar-refractivity contribution in [1.82, 2.24) is 14.5 Å². The summed E-state index contributed by atoms with van der Waals surface area (Å²) in [7, 11) is 0. The lowest BCUT2D eigenvalue weighted by molar-refractivity contribution is 0.729. The van der Waals surface area contributed by atoms with E-state index in [-0.39, 0.29) is 5.56 Å². The zero-order valence-corrected chi connectivity index (χ0v) is 9.42. The maximum atomic E-state index is 11.8. The van der Waals surface area contributed by atoms with Gasteiger partial charge in [-0.25, -0.2) is 10.8 Å². The molecule has 0 aliphatic heterocycles. The minimum atomic E-state index is -0.0182. The van der Waals surface area contributed by atoms with E-state index in [1.54, 1.807) is 30.0 Å². The van der Waals surface area contributed by atoms with Crippen LogP contribution in [0.2, 0.25) is 0 Å². The van der Waals surface area contributed by atoms with E-state index in [2.05, 4.69) is 15.4 Å². The number of anilines is 1. The summed E-state index contributed by atoms with van der Waals surface area (Å²) in [6.07, 6.45) is 4.84. The smallest absolute Gasteiger partial charge is 0.253 e. The van der Waals surface area contributed by atoms with Gasteiger partial charge in [-0.3, -0.25) is 9.78 Å². The van der Waals surface area contributed by atoms with Gasteiger partial charge in [-0.15, -0.1) is 0 Å². The third-order valence-corrected chi connectivity index (χ3v) is 2.40. The van der Waals surface area contributed by atoms with Crippen LogP contribution >= 0.6 is 0 Å². The third kappa shape index (κ3) is 2.48. The molecule has 0 amide bonds. The second-order valence-electron chi connectivity index (χ2n) is 3.66. The van der Waals surface area contributed by atoms with Crippen LogP contribution in [0.15, 0.2) is 35.5 Å². The highest BCUT2D eigenvalue weighted by Gasteiger charge is 2.01. The molecule has 3 N–H and O–H groups in total. The summed E-state index contributed by atoms with van der Waals surface area (Å²) in [4.78, 5) is 20.0. The van der Waals surface area contributed by atoms with Gasteiger partial charge in [0.15, 0.2) is 5.82 Å². The molecule has 17 heavy (non-hydrogen) atoms. The molecule has 0 saturated heterocycles. The molecular formula is C11H13N5O. The molecule has 6 heteroatoms. The number of nitrogen functional groups attached to an aromatic ring is 1. The molecule has 0 aromatic carbocycles. The number of nitrogens with one attached hydrogen (secondary N) is 1. The van der Waals surface area contributed by atoms with E-state index in [9.17, 15) is 4.79 Å². The summed E-state index contributed by atoms with van der Waals surface area (Å²) >= 11 is 0. The van der Waals surface area contributed by atoms with Crippen LogP contribution < -0.4 is 16.8 Å². The Labute approximate surface area is 98.1 Å². The van der Waals surface area contributed by atoms with Gasteiger partial charge in [-0.1, -0.05) is 6.07 Å². The van der Waals surface area contributed by atoms with Crippen LogP contribution in [-0.4, -0.2) is 14.5 Å². The first-order chi connectivity index (χ1) is 8.20. The summed E-state index contributed by atoms with van der Waals surface area (Å²) in [6, 6.07) is 3.62. The molecule has 2 aromatic heterocycles. The Morgan fingerprint density at radius 3 is 2.88 bits per heavy atom. The van der Waals surface area contributed by atoms with Crippen molar-refractivity contribution in [2.24, 2.45) is 5.84 Å². The first kappa shape index (κ1) is 11.3. The average molecular weight is 231 g/mol. The maximum Gasteiger partial charge on any atom is 0.253 e. The first-order valence-electron chi connectivity index (χ1n) is 5.14. The predicted molar refractivity (Wildman–Crippen MR) is 64.4 cm³/mol. The molecule has 6 nitrogen and oxygen atoms in total. The molecule has 0 saturated carbocycles. The van der Waals surface area contributed by atoms with Crippen LogP contribution in [0.5, 0.6) is 0 Å². The number of pyridine rings is 1. The normalized spacial score (nSPS) is 10.2. The largest absolute Gasteiger partial charge is 0.309 e. The summed E-state index contributed by atoms with van der Waals surface area (Å²) in [5.74, 6) is 5.68. The zero-order valence-electron chi connectivity index (χ0n) is 9.42. The van der Waals surface area contributed by atoms with Crippen molar-refractivity contribution in [2.45, 2.75) is 13.5 Å². The quantitative estimate of drug-likeness (QED) is 0.585. The van der Waals surface area contributed by atoms with E-state index in [0.717, 1.165) is 0 Å². The Kier molecular flexibility index (Phi) is 3.15. The van der Waals surface area contributed by atoms with Crippen molar-refractivity contribution in [1.29, 1.82) is 0 Å². The number of aromatic nitrogens is 3. The zero-order chi connectivity index (χ0) is 12.3. The van der Waals surface area contributed by atoms with Gasteiger partial charge in [-0.05, 0) is 13.0 Å². The van der Waals surface area contributed by atoms with E-state index in [1.165, 1.54) is 6.20 Å². The van der Waals surface area contributed by atoms with Crippen LogP contribution in [0.25, 0.3) is 0 Å². The molecule has 0 fully saturated rings. The Bertz CT molecular complexity index is 561. The fourth-order valence-corrected chi connectivity index (χ4v) is 1.47. The summed E-state index contributed by atoms with van der Waals surface area (Å²) < 4.78 is 1.59. The lowest BCUT2D eigenvalue weighted by Gasteiger charge is -2.06. The summed E-state index contributed by atoms with van der Waals surface area (Å²) in [6.45, 7) is 2.18. The van der Waals surface area contributed by atoms with Crippen molar-refractivity contribution < 1.29 is 0 Å². The maximum absolute atomic E-state index is 11.8. The van der Waals surface area contributed by atoms with Gasteiger partial charge in [0.05, 0.1) is 24.6 Å². The van der Waals surface area contributed by atoms with Gasteiger partial charge in [-0.2, -0.15) is 0 Å². The van der Waals surface area contributed by atoms with Crippen LogP contribution in [0.3, 0.4) is 0 Å². The highest BCUT2D eigenvalue weighted by Crippen LogP contribution is 2.00. The number of nitrogens with zero attached hydrogens (tertiary/aromatic N) is 3. The number of hydrogen-bond donors (Lipinski definition) is 2. The monoisotopic (exact) mass is 231 g/mol. The summed E-state index contributed by atoms with van der Waals surface area (Å²) in [5.41, 5.74) is 3.79. The highest BCUT2D eigenvalue weighted by molar-refractivity contribution is 5.28. The molecule has 0 unspecified atom stereocenters. The average Bonchev–Trinajstić information content (AvgIpc) is 2.36. The van der Waals surface area contributed by atoms with Gasteiger partial charge >= 0.3 is 0 Å². The first-order valence-corrected chi connectivity index (χ1v) is 5.14. The molecule has 0 aliphatic carbocycles. The summed E-state index contributed by atoms with van der Waals surface area (Å²) in [5, 5.41) is 0. The number of hydrazine groups is 1. The predicted octanol–water partition coefficient (Wildman–Crippen LogP) is 0.281. The topological polar surface area (TPSA) is 85.8 Å². The molecule has 0 aliphatic rings. The minimum absolute atomic E-state index is 0.0182. The highest BCUT2D eigenvalue weighted by atomic mass is 16.1. The molecule has 0 atom stereocenters. The number of aryl methyl sites for hydroxylation is 1. The van der Waals surface area contributed by atoms with Crippen molar-refractivity contribution in [3.63, 3.8) is 0 Å². The van der Waals surface area contributed by atoms with Gasteiger partial charge in [0.1, 0.15) is 0 Å². The molecule has 0 radical (unpaired) electrons. The van der Waals surface area contributed by atoms with E-state index in [4.69, 9.17) is 5.84 Å². The molecule has 88 valence electrons. The number of rotatable bonds is 3. The fraction of sp³-hybridized carbons (Fsp3) is 0.182. The Morgan fingerprint density at radius 2 is 2.24 bits per heavy atom. The molecule has 2 aromatic rings. The Hall–Kier alpha value is -2.21. The fourth-order valence-electron chi connectivity index (χ4n) is 1.47. The van der Waals surface area contributed by atoms with Crippen LogP contribution in [0.1, 0.15) is 11.3 Å². The lowest BCUT2D eigenvalue weighted by Crippen LogP contribution is -2.22. The van der Waals surface area contributed by atoms with Crippen LogP contribution in [0.4, 0.5) is 5.82 Å². The SMILES string of the molecule is Cc1cccn(Cc2cnc(NN)cn2)c1=O. The Balaban J connectivity index is 2.25. The molecule has 2 rings (SSSR count). The van der Waals surface area contributed by atoms with Crippen LogP contribution in [-0.2, 0) is 6.54 Å². The third-order valence-electron chi connectivity index (χ3n) is 2.40. The van der Waals surface area contributed by atoms with E-state index >= 15 is 0 Å². The van der Waals surface area contributed by atoms with Gasteiger partial charge in [0, 0.05) is 11.8 Å². The molecule has 0 bridgehead atoms. The Morgan fingerprint density at radius 1 is 1.41 bits per heavy atom. The second-order valence-corrected chi connectivity index (χ2v) is 3.66. The number of hydrogen-bond acceptors (Lipinski definition) is 5. The van der Waals surface area contributed by atoms with E-state index < -0.39 is 0 Å². The van der Waals surface area contributed by atoms with Crippen molar-refractivity contribution in [2.75, 3.05) is 5.43 Å². The molecule has 0 spiro atoms. The van der Waals surface area contributed by atoms with Gasteiger partial charge in [0.25, 0.3) is 5.56 Å². The minimum Gasteiger partial charge on any atom is -0.309 e. The van der Waals surface area contributed by atoms with Gasteiger partial charge in [0.2, 0.25) is 0 Å². The molecule has 2 heterocycles. The van der Waals surface area contributed by atoms with E-state index in [1.807, 2.05) is 6.07 Å². The lowest BCUT2D eigenvalue weighted by atomic mass is 10.3. The van der Waals surface area contributed by atoms with Crippen molar-refractivity contribution in [3.05, 3.63) is 52.3 Å². The van der Waals surface area contributed by atoms with Gasteiger partial charge < -0.3 is 9.99 Å². The molecular weight excluding hydrogens is 218 g/mol. The van der Waals surface area contributed by atoms with E-state index in [0.29, 0.717) is 23.6 Å². The van der Waals surface area contributed by atoms with Crippen molar-refractivity contribution >= 4 is 5.82 Å². The van der Waals surface area contributed by atoms with Crippen molar-refractivity contribution in [3.8, 4) is 0 Å².